The summed E-state index contributed by atoms with van der Waals surface area (Å²) in [5, 5.41) is 11.4. The molecule has 0 saturated carbocycles. The third-order valence-corrected chi connectivity index (χ3v) is 3.72. The quantitative estimate of drug-likeness (QED) is 0.909. The largest absolute Gasteiger partial charge is 0.379 e. The van der Waals surface area contributed by atoms with E-state index < -0.39 is 5.60 Å². The SMILES string of the molecule is NCC(O)(c1ccc(Cl)cc1)c1ccc(Br)cc1. The van der Waals surface area contributed by atoms with Crippen LogP contribution in [0.15, 0.2) is 53.0 Å². The fourth-order valence-corrected chi connectivity index (χ4v) is 2.24. The maximum atomic E-state index is 10.8. The molecule has 0 bridgehead atoms. The summed E-state index contributed by atoms with van der Waals surface area (Å²) in [6.45, 7) is 0.107. The zero-order valence-corrected chi connectivity index (χ0v) is 11.9. The Morgan fingerprint density at radius 1 is 1.00 bits per heavy atom. The van der Waals surface area contributed by atoms with Gasteiger partial charge in [0.25, 0.3) is 0 Å². The maximum absolute atomic E-state index is 10.8. The van der Waals surface area contributed by atoms with Crippen LogP contribution in [0.1, 0.15) is 11.1 Å². The first-order chi connectivity index (χ1) is 8.56. The van der Waals surface area contributed by atoms with Crippen molar-refractivity contribution in [2.75, 3.05) is 6.54 Å². The molecular weight excluding hydrogens is 314 g/mol. The molecule has 4 heteroatoms. The fourth-order valence-electron chi connectivity index (χ4n) is 1.85. The van der Waals surface area contributed by atoms with E-state index in [-0.39, 0.29) is 6.54 Å². The molecular formula is C14H13BrClNO. The van der Waals surface area contributed by atoms with Gasteiger partial charge in [0, 0.05) is 16.0 Å². The Kier molecular flexibility index (Phi) is 4.07. The van der Waals surface area contributed by atoms with E-state index in [0.717, 1.165) is 15.6 Å². The highest BCUT2D eigenvalue weighted by atomic mass is 79.9. The van der Waals surface area contributed by atoms with Crippen LogP contribution in [-0.2, 0) is 5.60 Å². The predicted molar refractivity (Wildman–Crippen MR) is 77.6 cm³/mol. The van der Waals surface area contributed by atoms with Crippen LogP contribution in [0.5, 0.6) is 0 Å². The molecule has 0 aliphatic rings. The van der Waals surface area contributed by atoms with Crippen LogP contribution < -0.4 is 5.73 Å². The molecule has 0 spiro atoms. The summed E-state index contributed by atoms with van der Waals surface area (Å²) in [5.74, 6) is 0. The van der Waals surface area contributed by atoms with Crippen LogP contribution >= 0.6 is 27.5 Å². The van der Waals surface area contributed by atoms with Crippen molar-refractivity contribution in [2.24, 2.45) is 5.73 Å². The van der Waals surface area contributed by atoms with Crippen molar-refractivity contribution in [3.8, 4) is 0 Å². The van der Waals surface area contributed by atoms with Crippen molar-refractivity contribution >= 4 is 27.5 Å². The summed E-state index contributed by atoms with van der Waals surface area (Å²) in [5.41, 5.74) is 6.06. The second kappa shape index (κ2) is 5.41. The van der Waals surface area contributed by atoms with E-state index in [9.17, 15) is 5.11 Å². The molecule has 18 heavy (non-hydrogen) atoms. The first-order valence-corrected chi connectivity index (χ1v) is 6.68. The number of hydrogen-bond acceptors (Lipinski definition) is 2. The summed E-state index contributed by atoms with van der Waals surface area (Å²) in [6.07, 6.45) is 0. The topological polar surface area (TPSA) is 46.2 Å². The van der Waals surface area contributed by atoms with Gasteiger partial charge in [0.15, 0.2) is 0 Å². The Morgan fingerprint density at radius 3 is 1.89 bits per heavy atom. The van der Waals surface area contributed by atoms with E-state index in [1.165, 1.54) is 0 Å². The van der Waals surface area contributed by atoms with Gasteiger partial charge in [-0.25, -0.2) is 0 Å². The molecule has 2 nitrogen and oxygen atoms in total. The maximum Gasteiger partial charge on any atom is 0.127 e. The zero-order chi connectivity index (χ0) is 13.2. The minimum atomic E-state index is -1.19. The smallest absolute Gasteiger partial charge is 0.127 e. The van der Waals surface area contributed by atoms with E-state index in [1.807, 2.05) is 24.3 Å². The van der Waals surface area contributed by atoms with Crippen molar-refractivity contribution in [3.63, 3.8) is 0 Å². The molecule has 0 aliphatic carbocycles. The van der Waals surface area contributed by atoms with Crippen molar-refractivity contribution in [1.82, 2.24) is 0 Å². The summed E-state index contributed by atoms with van der Waals surface area (Å²) in [4.78, 5) is 0. The van der Waals surface area contributed by atoms with Gasteiger partial charge in [0.2, 0.25) is 0 Å². The van der Waals surface area contributed by atoms with Gasteiger partial charge in [-0.15, -0.1) is 0 Å². The van der Waals surface area contributed by atoms with E-state index >= 15 is 0 Å². The zero-order valence-electron chi connectivity index (χ0n) is 9.61. The molecule has 0 heterocycles. The molecule has 0 amide bonds. The van der Waals surface area contributed by atoms with E-state index in [4.69, 9.17) is 17.3 Å². The van der Waals surface area contributed by atoms with Gasteiger partial charge in [-0.05, 0) is 35.4 Å². The fraction of sp³-hybridized carbons (Fsp3) is 0.143. The van der Waals surface area contributed by atoms with Gasteiger partial charge in [-0.1, -0.05) is 51.8 Å². The van der Waals surface area contributed by atoms with Gasteiger partial charge < -0.3 is 10.8 Å². The van der Waals surface area contributed by atoms with E-state index in [1.54, 1.807) is 24.3 Å². The first-order valence-electron chi connectivity index (χ1n) is 5.51. The monoisotopic (exact) mass is 325 g/mol. The average Bonchev–Trinajstić information content (AvgIpc) is 2.39. The van der Waals surface area contributed by atoms with Crippen molar-refractivity contribution in [2.45, 2.75) is 5.60 Å². The van der Waals surface area contributed by atoms with Gasteiger partial charge >= 0.3 is 0 Å². The van der Waals surface area contributed by atoms with Crippen LogP contribution in [0.25, 0.3) is 0 Å². The van der Waals surface area contributed by atoms with E-state index in [0.29, 0.717) is 5.02 Å². The van der Waals surface area contributed by atoms with Crippen LogP contribution in [-0.4, -0.2) is 11.7 Å². The minimum Gasteiger partial charge on any atom is -0.379 e. The molecule has 2 aromatic rings. The third-order valence-electron chi connectivity index (χ3n) is 2.94. The molecule has 94 valence electrons. The Bertz CT molecular complexity index is 479. The minimum absolute atomic E-state index is 0.107. The molecule has 0 fully saturated rings. The number of halogens is 2. The lowest BCUT2D eigenvalue weighted by atomic mass is 9.86. The third kappa shape index (κ3) is 2.59. The average molecular weight is 327 g/mol. The second-order valence-corrected chi connectivity index (χ2v) is 5.43. The number of hydrogen-bond donors (Lipinski definition) is 2. The number of nitrogens with two attached hydrogens (primary N) is 1. The lowest BCUT2D eigenvalue weighted by molar-refractivity contribution is 0.0902. The molecule has 0 radical (unpaired) electrons. The van der Waals surface area contributed by atoms with Gasteiger partial charge in [-0.3, -0.25) is 0 Å². The van der Waals surface area contributed by atoms with Gasteiger partial charge in [0.1, 0.15) is 5.60 Å². The van der Waals surface area contributed by atoms with Crippen molar-refractivity contribution in [1.29, 1.82) is 0 Å². The van der Waals surface area contributed by atoms with E-state index in [2.05, 4.69) is 15.9 Å². The predicted octanol–water partition coefficient (Wildman–Crippen LogP) is 3.30. The molecule has 2 rings (SSSR count). The number of benzene rings is 2. The van der Waals surface area contributed by atoms with Gasteiger partial charge in [-0.2, -0.15) is 0 Å². The van der Waals surface area contributed by atoms with Crippen LogP contribution in [0.4, 0.5) is 0 Å². The highest BCUT2D eigenvalue weighted by Gasteiger charge is 2.29. The van der Waals surface area contributed by atoms with Crippen LogP contribution in [0, 0.1) is 0 Å². The Balaban J connectivity index is 2.47. The van der Waals surface area contributed by atoms with Gasteiger partial charge in [0.05, 0.1) is 0 Å². The van der Waals surface area contributed by atoms with Crippen LogP contribution in [0.3, 0.4) is 0 Å². The highest BCUT2D eigenvalue weighted by molar-refractivity contribution is 9.10. The molecule has 0 aromatic heterocycles. The molecule has 1 atom stereocenters. The highest BCUT2D eigenvalue weighted by Crippen LogP contribution is 2.30. The summed E-state index contributed by atoms with van der Waals surface area (Å²) in [6, 6.07) is 14.5. The first kappa shape index (κ1) is 13.6. The Labute approximate surface area is 120 Å². The standard InChI is InChI=1S/C14H13BrClNO/c15-12-5-1-10(2-6-12)14(18,9-17)11-3-7-13(16)8-4-11/h1-8,18H,9,17H2. The normalized spacial score (nSPS) is 14.2. The molecule has 1 unspecified atom stereocenters. The second-order valence-electron chi connectivity index (χ2n) is 4.08. The summed E-state index contributed by atoms with van der Waals surface area (Å²) < 4.78 is 0.960. The van der Waals surface area contributed by atoms with Crippen molar-refractivity contribution < 1.29 is 5.11 Å². The number of aliphatic hydroxyl groups is 1. The summed E-state index contributed by atoms with van der Waals surface area (Å²) >= 11 is 9.22. The lowest BCUT2D eigenvalue weighted by Gasteiger charge is -2.27. The Hall–Kier alpha value is -0.870. The lowest BCUT2D eigenvalue weighted by Crippen LogP contribution is -2.36. The molecule has 3 N–H and O–H groups in total. The molecule has 0 saturated heterocycles. The van der Waals surface area contributed by atoms with Crippen LogP contribution in [0.2, 0.25) is 5.02 Å². The molecule has 0 aliphatic heterocycles. The number of rotatable bonds is 3. The van der Waals surface area contributed by atoms with Crippen molar-refractivity contribution in [3.05, 3.63) is 69.2 Å². The Morgan fingerprint density at radius 2 is 1.44 bits per heavy atom. The molecule has 2 aromatic carbocycles. The summed E-state index contributed by atoms with van der Waals surface area (Å²) in [7, 11) is 0.